The molecule has 2 aliphatic rings. The lowest BCUT2D eigenvalue weighted by Crippen LogP contribution is -2.57. The van der Waals surface area contributed by atoms with Gasteiger partial charge >= 0.3 is 0 Å². The Bertz CT molecular complexity index is 3440. The normalized spacial score (nSPS) is 15.0. The smallest absolute Gasteiger partial charge is 0.251 e. The molecule has 0 radical (unpaired) electrons. The van der Waals surface area contributed by atoms with Gasteiger partial charge in [-0.05, 0) is 103 Å². The molecule has 5 N–H and O–H groups in total. The van der Waals surface area contributed by atoms with Crippen LogP contribution in [-0.4, -0.2) is 122 Å². The third-order valence-electron chi connectivity index (χ3n) is 14.3. The Morgan fingerprint density at radius 1 is 0.893 bits per heavy atom. The zero-order valence-electron chi connectivity index (χ0n) is 47.4. The zero-order valence-corrected chi connectivity index (χ0v) is 48.9. The molecule has 5 heterocycles. The number of nitrogens with zero attached hydrogens (tertiary/aromatic N) is 8. The number of amides is 4. The third kappa shape index (κ3) is 16.0. The lowest BCUT2D eigenvalue weighted by molar-refractivity contribution is -0.143. The molecule has 23 heteroatoms. The Morgan fingerprint density at radius 3 is 2.44 bits per heavy atom. The highest BCUT2D eigenvalue weighted by Crippen LogP contribution is 2.31. The Kier molecular flexibility index (Phi) is 20.7. The summed E-state index contributed by atoms with van der Waals surface area (Å²) in [5, 5.41) is 24.2. The van der Waals surface area contributed by atoms with Gasteiger partial charge in [-0.2, -0.15) is 0 Å². The number of hydrogen-bond acceptors (Lipinski definition) is 15. The Morgan fingerprint density at radius 2 is 1.68 bits per heavy atom. The topological polar surface area (TPSA) is 232 Å². The molecule has 3 aromatic heterocycles. The predicted molar refractivity (Wildman–Crippen MR) is 317 cm³/mol. The van der Waals surface area contributed by atoms with E-state index in [0.29, 0.717) is 123 Å². The molecule has 0 bridgehead atoms. The number of hydrogen-bond donors (Lipinski definition) is 5. The van der Waals surface area contributed by atoms with Crippen LogP contribution in [0.1, 0.15) is 102 Å². The SMILES string of the molecule is Cc1ncsc1-c1ccc(CNC(=O)[C@@H]2CCCN2C(=O)[C@@H](NC(=O)CCCNCCn2cc(COCCOCCNC(=O)c3ccc(Nc4ncc5c(n4)Cc4ccc(Cl)cc4/C(c4c(F)cccc4F)=N\C5)cc3)nn2)C(C)(C)C)cc1. The number of aliphatic imine (C=N–C) groups is 1. The largest absolute Gasteiger partial charge is 0.377 e. The van der Waals surface area contributed by atoms with Crippen molar-refractivity contribution in [2.75, 3.05) is 51.3 Å². The van der Waals surface area contributed by atoms with Gasteiger partial charge in [-0.25, -0.2) is 23.7 Å². The minimum Gasteiger partial charge on any atom is -0.377 e. The highest BCUT2D eigenvalue weighted by atomic mass is 35.5. The first-order valence-corrected chi connectivity index (χ1v) is 29.2. The zero-order chi connectivity index (χ0) is 59.2. The number of thiazole rings is 1. The van der Waals surface area contributed by atoms with Gasteiger partial charge in [-0.1, -0.05) is 74.0 Å². The van der Waals surface area contributed by atoms with Gasteiger partial charge in [0.2, 0.25) is 23.7 Å². The van der Waals surface area contributed by atoms with Crippen LogP contribution in [0.5, 0.6) is 0 Å². The van der Waals surface area contributed by atoms with E-state index in [1.165, 1.54) is 18.2 Å². The molecule has 440 valence electrons. The number of anilines is 2. The first kappa shape index (κ1) is 60.7. The highest BCUT2D eigenvalue weighted by molar-refractivity contribution is 7.13. The van der Waals surface area contributed by atoms with Crippen LogP contribution in [0.3, 0.4) is 0 Å². The minimum absolute atomic E-state index is 0.0993. The summed E-state index contributed by atoms with van der Waals surface area (Å²) < 4.78 is 43.0. The number of aryl methyl sites for hydroxylation is 1. The quantitative estimate of drug-likeness (QED) is 0.0340. The molecule has 7 aromatic rings. The van der Waals surface area contributed by atoms with E-state index in [1.807, 2.05) is 63.7 Å². The van der Waals surface area contributed by atoms with E-state index in [9.17, 15) is 28.0 Å². The van der Waals surface area contributed by atoms with E-state index >= 15 is 0 Å². The number of rotatable bonds is 25. The van der Waals surface area contributed by atoms with Crippen LogP contribution in [0.25, 0.3) is 10.4 Å². The standard InChI is InChI=1S/C61H68ClF2N13O6S/c1-38-55(84-37-70-38)40-14-12-39(13-15-40)32-68-58(80)51-10-7-25-77(51)59(81)56(61(2,3)4)73-52(78)11-6-22-65-23-26-76-35-46(74-75-76)36-83-29-28-82-27-24-66-57(79)41-17-20-45(21-18-41)71-60-69-34-43-33-67-54(53-48(63)8-5-9-49(53)64)47-31-44(62)19-16-42(47)30-50(43)72-60/h5,8-9,12-21,31,34-35,37,51,56,65H,6-7,10-11,22-30,32-33,36H2,1-4H3,(H,66,79)(H,68,80)(H,73,78)(H,69,71,72)/b67-54+/t51-,56+/m0/s1. The summed E-state index contributed by atoms with van der Waals surface area (Å²) in [5.41, 5.74) is 8.67. The highest BCUT2D eigenvalue weighted by Gasteiger charge is 2.42. The van der Waals surface area contributed by atoms with Crippen molar-refractivity contribution in [2.45, 2.75) is 98.1 Å². The van der Waals surface area contributed by atoms with E-state index in [1.54, 1.807) is 69.6 Å². The van der Waals surface area contributed by atoms with Gasteiger partial charge in [0, 0.05) is 72.6 Å². The van der Waals surface area contributed by atoms with Crippen molar-refractivity contribution in [3.05, 3.63) is 170 Å². The third-order valence-corrected chi connectivity index (χ3v) is 15.6. The summed E-state index contributed by atoms with van der Waals surface area (Å²) in [6.45, 7) is 11.8. The summed E-state index contributed by atoms with van der Waals surface area (Å²) in [7, 11) is 0. The van der Waals surface area contributed by atoms with Crippen LogP contribution in [0.4, 0.5) is 20.4 Å². The van der Waals surface area contributed by atoms with Crippen LogP contribution in [-0.2, 0) is 56.5 Å². The molecule has 0 spiro atoms. The van der Waals surface area contributed by atoms with Crippen LogP contribution in [0.15, 0.2) is 108 Å². The van der Waals surface area contributed by atoms with Crippen molar-refractivity contribution in [3.63, 3.8) is 0 Å². The first-order chi connectivity index (χ1) is 40.6. The van der Waals surface area contributed by atoms with Gasteiger partial charge in [0.25, 0.3) is 5.91 Å². The average Bonchev–Trinajstić information content (AvgIpc) is 2.96. The van der Waals surface area contributed by atoms with Gasteiger partial charge in [-0.15, -0.1) is 16.4 Å². The van der Waals surface area contributed by atoms with Gasteiger partial charge in [0.1, 0.15) is 29.4 Å². The van der Waals surface area contributed by atoms with E-state index < -0.39 is 29.1 Å². The first-order valence-electron chi connectivity index (χ1n) is 28.0. The van der Waals surface area contributed by atoms with Gasteiger partial charge in [0.05, 0.1) is 78.8 Å². The minimum atomic E-state index is -0.790. The summed E-state index contributed by atoms with van der Waals surface area (Å²) >= 11 is 7.94. The van der Waals surface area contributed by atoms with Crippen molar-refractivity contribution in [3.8, 4) is 10.4 Å². The number of carbonyl (C=O) groups is 4. The van der Waals surface area contributed by atoms with Crippen LogP contribution >= 0.6 is 22.9 Å². The number of fused-ring (bicyclic) bond motifs is 2. The Balaban J connectivity index is 0.617. The van der Waals surface area contributed by atoms with Crippen molar-refractivity contribution in [2.24, 2.45) is 10.4 Å². The fourth-order valence-electron chi connectivity index (χ4n) is 9.86. The second kappa shape index (κ2) is 28.6. The fourth-order valence-corrected chi connectivity index (χ4v) is 10.8. The molecule has 4 aromatic carbocycles. The summed E-state index contributed by atoms with van der Waals surface area (Å²) in [5.74, 6) is -2.04. The van der Waals surface area contributed by atoms with Gasteiger partial charge in [0.15, 0.2) is 0 Å². The van der Waals surface area contributed by atoms with E-state index in [0.717, 1.165) is 27.3 Å². The second-order valence-corrected chi connectivity index (χ2v) is 22.9. The van der Waals surface area contributed by atoms with Crippen molar-refractivity contribution >= 4 is 63.9 Å². The van der Waals surface area contributed by atoms with Crippen LogP contribution in [0.2, 0.25) is 5.02 Å². The number of ether oxygens (including phenoxy) is 2. The van der Waals surface area contributed by atoms with Crippen LogP contribution in [0, 0.1) is 24.0 Å². The molecule has 1 saturated heterocycles. The Labute approximate surface area is 495 Å². The maximum Gasteiger partial charge on any atom is 0.251 e. The molecular formula is C61H68ClF2N13O6S. The van der Waals surface area contributed by atoms with Crippen molar-refractivity contribution in [1.82, 2.24) is 56.1 Å². The molecule has 0 unspecified atom stereocenters. The molecule has 4 amide bonds. The maximum atomic E-state index is 15.0. The van der Waals surface area contributed by atoms with Gasteiger partial charge in [-0.3, -0.25) is 28.9 Å². The molecule has 2 atom stereocenters. The predicted octanol–water partition coefficient (Wildman–Crippen LogP) is 8.29. The summed E-state index contributed by atoms with van der Waals surface area (Å²) in [6.07, 6.45) is 5.86. The molecule has 1 fully saturated rings. The number of carbonyl (C=O) groups excluding carboxylic acids is 4. The fraction of sp³-hybridized carbons (Fsp3) is 0.377. The molecule has 2 aliphatic heterocycles. The summed E-state index contributed by atoms with van der Waals surface area (Å²) in [4.78, 5) is 74.5. The number of aromatic nitrogens is 6. The monoisotopic (exact) mass is 1180 g/mol. The van der Waals surface area contributed by atoms with Crippen LogP contribution < -0.4 is 26.6 Å². The second-order valence-electron chi connectivity index (χ2n) is 21.6. The van der Waals surface area contributed by atoms with E-state index in [2.05, 4.69) is 51.9 Å². The van der Waals surface area contributed by atoms with Crippen molar-refractivity contribution < 1.29 is 37.4 Å². The molecular weight excluding hydrogens is 1120 g/mol. The molecule has 9 rings (SSSR count). The maximum absolute atomic E-state index is 15.0. The van der Waals surface area contributed by atoms with Gasteiger partial charge < -0.3 is 41.0 Å². The lowest BCUT2D eigenvalue weighted by Gasteiger charge is -2.35. The van der Waals surface area contributed by atoms with E-state index in [-0.39, 0.29) is 61.1 Å². The lowest BCUT2D eigenvalue weighted by atomic mass is 9.85. The average molecular weight is 1180 g/mol. The number of likely N-dealkylation sites (tertiary alicyclic amines) is 1. The molecule has 0 saturated carbocycles. The van der Waals surface area contributed by atoms with Crippen molar-refractivity contribution in [1.29, 1.82) is 0 Å². The number of benzene rings is 4. The molecule has 0 aliphatic carbocycles. The van der Waals surface area contributed by atoms with E-state index in [4.69, 9.17) is 26.1 Å². The number of halogens is 3. The number of nitrogens with one attached hydrogen (secondary N) is 5. The molecule has 19 nitrogen and oxygen atoms in total. The molecule has 84 heavy (non-hydrogen) atoms. The Hall–Kier alpha value is -7.89. The summed E-state index contributed by atoms with van der Waals surface area (Å²) in [6, 6.07) is 22.4.